The third-order valence-electron chi connectivity index (χ3n) is 1.93. The maximum atomic E-state index is 11.1. The second-order valence-corrected chi connectivity index (χ2v) is 3.08. The molecular formula is C10H15NO3. The minimum Gasteiger partial charge on any atom is -0.467 e. The number of carbonyl (C=O) groups excluding carboxylic acids is 1. The molecule has 1 aromatic rings. The van der Waals surface area contributed by atoms with Crippen molar-refractivity contribution in [1.82, 2.24) is 0 Å². The molecular weight excluding hydrogens is 182 g/mol. The Morgan fingerprint density at radius 3 is 2.93 bits per heavy atom. The highest BCUT2D eigenvalue weighted by molar-refractivity contribution is 5.70. The Balaban J connectivity index is 2.54. The SMILES string of the molecule is CCOC(=O)C[C@@H](N)c1occc1C. The van der Waals surface area contributed by atoms with Gasteiger partial charge in [-0.15, -0.1) is 0 Å². The molecule has 4 heteroatoms. The maximum Gasteiger partial charge on any atom is 0.307 e. The van der Waals surface area contributed by atoms with Crippen molar-refractivity contribution >= 4 is 5.97 Å². The fourth-order valence-corrected chi connectivity index (χ4v) is 1.26. The molecule has 2 N–H and O–H groups in total. The topological polar surface area (TPSA) is 65.5 Å². The summed E-state index contributed by atoms with van der Waals surface area (Å²) in [7, 11) is 0. The van der Waals surface area contributed by atoms with Gasteiger partial charge in [-0.3, -0.25) is 4.79 Å². The Kier molecular flexibility index (Phi) is 3.71. The van der Waals surface area contributed by atoms with E-state index in [-0.39, 0.29) is 12.4 Å². The van der Waals surface area contributed by atoms with E-state index in [1.807, 2.05) is 13.0 Å². The lowest BCUT2D eigenvalue weighted by molar-refractivity contribution is -0.143. The molecule has 0 radical (unpaired) electrons. The van der Waals surface area contributed by atoms with E-state index in [2.05, 4.69) is 0 Å². The lowest BCUT2D eigenvalue weighted by Gasteiger charge is -2.08. The molecule has 0 aliphatic heterocycles. The zero-order chi connectivity index (χ0) is 10.6. The van der Waals surface area contributed by atoms with E-state index in [0.717, 1.165) is 5.56 Å². The average Bonchev–Trinajstić information content (AvgIpc) is 2.51. The first-order valence-corrected chi connectivity index (χ1v) is 4.60. The van der Waals surface area contributed by atoms with Crippen LogP contribution >= 0.6 is 0 Å². The van der Waals surface area contributed by atoms with E-state index in [9.17, 15) is 4.79 Å². The Hall–Kier alpha value is -1.29. The van der Waals surface area contributed by atoms with Gasteiger partial charge < -0.3 is 14.9 Å². The molecule has 0 saturated carbocycles. The number of hydrogen-bond acceptors (Lipinski definition) is 4. The molecule has 1 rings (SSSR count). The van der Waals surface area contributed by atoms with E-state index in [1.54, 1.807) is 13.2 Å². The van der Waals surface area contributed by atoms with E-state index < -0.39 is 6.04 Å². The minimum absolute atomic E-state index is 0.155. The normalized spacial score (nSPS) is 12.5. The number of carbonyl (C=O) groups is 1. The van der Waals surface area contributed by atoms with Crippen LogP contribution in [0.3, 0.4) is 0 Å². The monoisotopic (exact) mass is 197 g/mol. The van der Waals surface area contributed by atoms with Crippen LogP contribution in [0.4, 0.5) is 0 Å². The van der Waals surface area contributed by atoms with Crippen LogP contribution in [0.2, 0.25) is 0 Å². The van der Waals surface area contributed by atoms with Gasteiger partial charge in [0.15, 0.2) is 0 Å². The van der Waals surface area contributed by atoms with Crippen molar-refractivity contribution in [1.29, 1.82) is 0 Å². The van der Waals surface area contributed by atoms with E-state index in [0.29, 0.717) is 12.4 Å². The van der Waals surface area contributed by atoms with Crippen molar-refractivity contribution in [2.45, 2.75) is 26.3 Å². The van der Waals surface area contributed by atoms with Gasteiger partial charge in [0.2, 0.25) is 0 Å². The molecule has 0 saturated heterocycles. The molecule has 1 atom stereocenters. The Morgan fingerprint density at radius 2 is 2.43 bits per heavy atom. The molecule has 0 bridgehead atoms. The predicted molar refractivity (Wildman–Crippen MR) is 51.6 cm³/mol. The van der Waals surface area contributed by atoms with Gasteiger partial charge >= 0.3 is 5.97 Å². The zero-order valence-corrected chi connectivity index (χ0v) is 8.45. The Labute approximate surface area is 83.0 Å². The van der Waals surface area contributed by atoms with Crippen molar-refractivity contribution < 1.29 is 13.9 Å². The molecule has 14 heavy (non-hydrogen) atoms. The summed E-state index contributed by atoms with van der Waals surface area (Å²) < 4.78 is 9.96. The molecule has 78 valence electrons. The highest BCUT2D eigenvalue weighted by Crippen LogP contribution is 2.19. The number of aryl methyl sites for hydroxylation is 1. The molecule has 1 heterocycles. The predicted octanol–water partition coefficient (Wildman–Crippen LogP) is 1.54. The van der Waals surface area contributed by atoms with Crippen molar-refractivity contribution in [3.63, 3.8) is 0 Å². The van der Waals surface area contributed by atoms with Crippen LogP contribution in [-0.2, 0) is 9.53 Å². The molecule has 0 fully saturated rings. The largest absolute Gasteiger partial charge is 0.467 e. The molecule has 1 aromatic heterocycles. The number of rotatable bonds is 4. The second-order valence-electron chi connectivity index (χ2n) is 3.08. The first kappa shape index (κ1) is 10.8. The quantitative estimate of drug-likeness (QED) is 0.743. The van der Waals surface area contributed by atoms with Gasteiger partial charge in [0.05, 0.1) is 25.3 Å². The van der Waals surface area contributed by atoms with Gasteiger partial charge in [-0.2, -0.15) is 0 Å². The van der Waals surface area contributed by atoms with Crippen LogP contribution in [0.5, 0.6) is 0 Å². The highest BCUT2D eigenvalue weighted by Gasteiger charge is 2.16. The lowest BCUT2D eigenvalue weighted by Crippen LogP contribution is -2.17. The molecule has 0 aliphatic rings. The summed E-state index contributed by atoms with van der Waals surface area (Å²) in [5.74, 6) is 0.355. The van der Waals surface area contributed by atoms with Gasteiger partial charge in [-0.1, -0.05) is 0 Å². The van der Waals surface area contributed by atoms with Gasteiger partial charge in [-0.25, -0.2) is 0 Å². The number of esters is 1. The van der Waals surface area contributed by atoms with E-state index in [1.165, 1.54) is 0 Å². The van der Waals surface area contributed by atoms with Crippen molar-refractivity contribution in [2.75, 3.05) is 6.61 Å². The summed E-state index contributed by atoms with van der Waals surface area (Å²) in [4.78, 5) is 11.1. The fourth-order valence-electron chi connectivity index (χ4n) is 1.26. The molecule has 0 aliphatic carbocycles. The summed E-state index contributed by atoms with van der Waals surface area (Å²) in [5, 5.41) is 0. The molecule has 0 aromatic carbocycles. The van der Waals surface area contributed by atoms with Crippen molar-refractivity contribution in [3.05, 3.63) is 23.7 Å². The van der Waals surface area contributed by atoms with Crippen molar-refractivity contribution in [3.8, 4) is 0 Å². The Morgan fingerprint density at radius 1 is 1.71 bits per heavy atom. The smallest absolute Gasteiger partial charge is 0.307 e. The van der Waals surface area contributed by atoms with Gasteiger partial charge in [-0.05, 0) is 25.5 Å². The summed E-state index contributed by atoms with van der Waals surface area (Å²) >= 11 is 0. The van der Waals surface area contributed by atoms with Crippen LogP contribution in [-0.4, -0.2) is 12.6 Å². The highest BCUT2D eigenvalue weighted by atomic mass is 16.5. The number of hydrogen-bond donors (Lipinski definition) is 1. The first-order chi connectivity index (χ1) is 6.65. The van der Waals surface area contributed by atoms with Crippen LogP contribution in [0.1, 0.15) is 30.7 Å². The summed E-state index contributed by atoms with van der Waals surface area (Å²) in [5.41, 5.74) is 6.74. The number of nitrogens with two attached hydrogens (primary N) is 1. The fraction of sp³-hybridized carbons (Fsp3) is 0.500. The summed E-state index contributed by atoms with van der Waals surface area (Å²) in [6, 6.07) is 1.41. The molecule has 0 spiro atoms. The van der Waals surface area contributed by atoms with Crippen LogP contribution < -0.4 is 5.73 Å². The Bertz CT molecular complexity index is 306. The van der Waals surface area contributed by atoms with Crippen LogP contribution in [0.25, 0.3) is 0 Å². The molecule has 0 amide bonds. The first-order valence-electron chi connectivity index (χ1n) is 4.60. The summed E-state index contributed by atoms with van der Waals surface area (Å²) in [6.45, 7) is 4.04. The van der Waals surface area contributed by atoms with Crippen molar-refractivity contribution in [2.24, 2.45) is 5.73 Å². The second kappa shape index (κ2) is 4.81. The number of ether oxygens (including phenoxy) is 1. The number of furan rings is 1. The van der Waals surface area contributed by atoms with Gasteiger partial charge in [0.25, 0.3) is 0 Å². The van der Waals surface area contributed by atoms with Gasteiger partial charge in [0, 0.05) is 0 Å². The van der Waals surface area contributed by atoms with Gasteiger partial charge in [0.1, 0.15) is 5.76 Å². The third kappa shape index (κ3) is 2.60. The third-order valence-corrected chi connectivity index (χ3v) is 1.93. The average molecular weight is 197 g/mol. The van der Waals surface area contributed by atoms with E-state index >= 15 is 0 Å². The standard InChI is InChI=1S/C10H15NO3/c1-3-13-9(12)6-8(11)10-7(2)4-5-14-10/h4-5,8H,3,6,11H2,1-2H3/t8-/m1/s1. The van der Waals surface area contributed by atoms with Crippen LogP contribution in [0.15, 0.2) is 16.7 Å². The van der Waals surface area contributed by atoms with E-state index in [4.69, 9.17) is 14.9 Å². The molecule has 4 nitrogen and oxygen atoms in total. The maximum absolute atomic E-state index is 11.1. The summed E-state index contributed by atoms with van der Waals surface area (Å²) in [6.07, 6.45) is 1.72. The minimum atomic E-state index is -0.413. The molecule has 0 unspecified atom stereocenters. The zero-order valence-electron chi connectivity index (χ0n) is 8.45. The van der Waals surface area contributed by atoms with Crippen LogP contribution in [0, 0.1) is 6.92 Å². The lowest BCUT2D eigenvalue weighted by atomic mass is 10.1.